The molecule has 0 atom stereocenters. The van der Waals surface area contributed by atoms with Gasteiger partial charge in [0, 0.05) is 35.9 Å². The normalized spacial score (nSPS) is 11.2. The number of carbonyl (C=O) groups excluding carboxylic acids is 2. The van der Waals surface area contributed by atoms with Crippen molar-refractivity contribution in [2.24, 2.45) is 0 Å². The van der Waals surface area contributed by atoms with Gasteiger partial charge in [-0.2, -0.15) is 0 Å². The van der Waals surface area contributed by atoms with Crippen LogP contribution >= 0.6 is 11.3 Å². The van der Waals surface area contributed by atoms with Gasteiger partial charge in [-0.3, -0.25) is 4.79 Å². The van der Waals surface area contributed by atoms with Gasteiger partial charge >= 0.3 is 6.03 Å². The van der Waals surface area contributed by atoms with E-state index in [0.29, 0.717) is 13.1 Å². The average molecular weight is 402 g/mol. The Morgan fingerprint density at radius 3 is 2.11 bits per heavy atom. The van der Waals surface area contributed by atoms with Gasteiger partial charge in [-0.25, -0.2) is 4.79 Å². The van der Waals surface area contributed by atoms with Crippen LogP contribution in [0.15, 0.2) is 42.5 Å². The smallest absolute Gasteiger partial charge is 0.320 e. The lowest BCUT2D eigenvalue weighted by Gasteiger charge is -2.38. The zero-order valence-corrected chi connectivity index (χ0v) is 18.5. The number of urea groups is 1. The van der Waals surface area contributed by atoms with Crippen LogP contribution in [0.1, 0.15) is 36.1 Å². The molecule has 0 aliphatic carbocycles. The van der Waals surface area contributed by atoms with Crippen molar-refractivity contribution < 1.29 is 9.59 Å². The lowest BCUT2D eigenvalue weighted by atomic mass is 10.1. The summed E-state index contributed by atoms with van der Waals surface area (Å²) in [5.74, 6) is -0.0555. The number of amides is 3. The third kappa shape index (κ3) is 6.09. The number of hydrogen-bond donors (Lipinski definition) is 0. The molecule has 5 nitrogen and oxygen atoms in total. The Labute approximate surface area is 172 Å². The second kappa shape index (κ2) is 9.24. The van der Waals surface area contributed by atoms with Gasteiger partial charge < -0.3 is 14.7 Å². The third-order valence-corrected chi connectivity index (χ3v) is 5.41. The summed E-state index contributed by atoms with van der Waals surface area (Å²) in [6.07, 6.45) is 0. The van der Waals surface area contributed by atoms with Gasteiger partial charge in [0.15, 0.2) is 0 Å². The molecule has 0 spiro atoms. The standard InChI is InChI=1S/C22H31N3O2S/c1-17-12-13-19(28-17)15-24(14-18-10-8-7-9-11-18)20(26)16-25(22(2,3)4)21(27)23(5)6/h7-13H,14-16H2,1-6H3. The highest BCUT2D eigenvalue weighted by Crippen LogP contribution is 2.20. The van der Waals surface area contributed by atoms with E-state index >= 15 is 0 Å². The highest BCUT2D eigenvalue weighted by molar-refractivity contribution is 7.11. The van der Waals surface area contributed by atoms with Gasteiger partial charge in [-0.05, 0) is 45.4 Å². The fourth-order valence-electron chi connectivity index (χ4n) is 2.86. The maximum atomic E-state index is 13.3. The molecule has 0 saturated carbocycles. The molecule has 3 amide bonds. The predicted molar refractivity (Wildman–Crippen MR) is 115 cm³/mol. The van der Waals surface area contributed by atoms with E-state index in [1.165, 1.54) is 9.78 Å². The van der Waals surface area contributed by atoms with Gasteiger partial charge in [-0.15, -0.1) is 11.3 Å². The summed E-state index contributed by atoms with van der Waals surface area (Å²) >= 11 is 1.70. The molecular formula is C22H31N3O2S. The first kappa shape index (κ1) is 22.0. The van der Waals surface area contributed by atoms with Crippen molar-refractivity contribution in [2.45, 2.75) is 46.3 Å². The fourth-order valence-corrected chi connectivity index (χ4v) is 3.77. The SMILES string of the molecule is Cc1ccc(CN(Cc2ccccc2)C(=O)CN(C(=O)N(C)C)C(C)(C)C)s1. The summed E-state index contributed by atoms with van der Waals surface area (Å²) in [7, 11) is 3.42. The van der Waals surface area contributed by atoms with Crippen molar-refractivity contribution in [3.05, 3.63) is 57.8 Å². The number of nitrogens with zero attached hydrogens (tertiary/aromatic N) is 3. The Bertz CT molecular complexity index is 794. The molecule has 152 valence electrons. The first-order valence-electron chi connectivity index (χ1n) is 9.44. The van der Waals surface area contributed by atoms with Crippen molar-refractivity contribution in [2.75, 3.05) is 20.6 Å². The average Bonchev–Trinajstić information content (AvgIpc) is 3.03. The molecule has 0 radical (unpaired) electrons. The zero-order valence-electron chi connectivity index (χ0n) is 17.7. The molecule has 0 aliphatic rings. The molecule has 0 unspecified atom stereocenters. The summed E-state index contributed by atoms with van der Waals surface area (Å²) in [5, 5.41) is 0. The number of aryl methyl sites for hydroxylation is 1. The van der Waals surface area contributed by atoms with Crippen LogP contribution in [-0.4, -0.2) is 52.8 Å². The maximum Gasteiger partial charge on any atom is 0.320 e. The molecule has 0 aliphatic heterocycles. The van der Waals surface area contributed by atoms with E-state index in [1.54, 1.807) is 30.3 Å². The largest absolute Gasteiger partial charge is 0.332 e. The number of benzene rings is 1. The summed E-state index contributed by atoms with van der Waals surface area (Å²) in [4.78, 5) is 33.3. The van der Waals surface area contributed by atoms with Gasteiger partial charge in [0.2, 0.25) is 5.91 Å². The summed E-state index contributed by atoms with van der Waals surface area (Å²) < 4.78 is 0. The van der Waals surface area contributed by atoms with Gasteiger partial charge in [0.25, 0.3) is 0 Å². The van der Waals surface area contributed by atoms with Crippen molar-refractivity contribution in [3.8, 4) is 0 Å². The van der Waals surface area contributed by atoms with Crippen LogP contribution in [0, 0.1) is 6.92 Å². The highest BCUT2D eigenvalue weighted by atomic mass is 32.1. The fraction of sp³-hybridized carbons (Fsp3) is 0.455. The molecule has 6 heteroatoms. The number of hydrogen-bond acceptors (Lipinski definition) is 3. The minimum atomic E-state index is -0.449. The molecule has 1 heterocycles. The third-order valence-electron chi connectivity index (χ3n) is 4.43. The predicted octanol–water partition coefficient (Wildman–Crippen LogP) is 4.37. The van der Waals surface area contributed by atoms with Crippen LogP contribution < -0.4 is 0 Å². The van der Waals surface area contributed by atoms with Gasteiger partial charge in [-0.1, -0.05) is 30.3 Å². The summed E-state index contributed by atoms with van der Waals surface area (Å²) in [6, 6.07) is 13.9. The Hall–Kier alpha value is -2.34. The number of rotatable bonds is 6. The quantitative estimate of drug-likeness (QED) is 0.721. The number of carbonyl (C=O) groups is 2. The molecule has 28 heavy (non-hydrogen) atoms. The minimum absolute atomic E-state index is 0.0533. The highest BCUT2D eigenvalue weighted by Gasteiger charge is 2.31. The Balaban J connectivity index is 2.24. The zero-order chi connectivity index (χ0) is 20.9. The molecular weight excluding hydrogens is 370 g/mol. The van der Waals surface area contributed by atoms with E-state index in [4.69, 9.17) is 0 Å². The first-order chi connectivity index (χ1) is 13.1. The molecule has 1 aromatic carbocycles. The van der Waals surface area contributed by atoms with E-state index in [9.17, 15) is 9.59 Å². The van der Waals surface area contributed by atoms with E-state index in [1.807, 2.05) is 56.0 Å². The van der Waals surface area contributed by atoms with Crippen LogP contribution in [-0.2, 0) is 17.9 Å². The minimum Gasteiger partial charge on any atom is -0.332 e. The van der Waals surface area contributed by atoms with E-state index in [-0.39, 0.29) is 18.5 Å². The second-order valence-electron chi connectivity index (χ2n) is 8.18. The molecule has 2 aromatic rings. The topological polar surface area (TPSA) is 43.9 Å². The van der Waals surface area contributed by atoms with Crippen LogP contribution in [0.25, 0.3) is 0 Å². The Morgan fingerprint density at radius 1 is 0.964 bits per heavy atom. The van der Waals surface area contributed by atoms with Gasteiger partial charge in [0.1, 0.15) is 6.54 Å². The van der Waals surface area contributed by atoms with Gasteiger partial charge in [0.05, 0.1) is 6.54 Å². The van der Waals surface area contributed by atoms with Crippen molar-refractivity contribution in [1.29, 1.82) is 0 Å². The van der Waals surface area contributed by atoms with E-state index in [2.05, 4.69) is 19.1 Å². The second-order valence-corrected chi connectivity index (χ2v) is 9.55. The lowest BCUT2D eigenvalue weighted by molar-refractivity contribution is -0.134. The van der Waals surface area contributed by atoms with Crippen molar-refractivity contribution in [1.82, 2.24) is 14.7 Å². The van der Waals surface area contributed by atoms with Crippen molar-refractivity contribution in [3.63, 3.8) is 0 Å². The van der Waals surface area contributed by atoms with Crippen LogP contribution in [0.3, 0.4) is 0 Å². The molecule has 2 rings (SSSR count). The maximum absolute atomic E-state index is 13.3. The molecule has 0 N–H and O–H groups in total. The Kier molecular flexibility index (Phi) is 7.24. The summed E-state index contributed by atoms with van der Waals surface area (Å²) in [5.41, 5.74) is 0.625. The van der Waals surface area contributed by atoms with E-state index < -0.39 is 5.54 Å². The van der Waals surface area contributed by atoms with Crippen LogP contribution in [0.4, 0.5) is 4.79 Å². The summed E-state index contributed by atoms with van der Waals surface area (Å²) in [6.45, 7) is 9.03. The van der Waals surface area contributed by atoms with E-state index in [0.717, 1.165) is 10.4 Å². The molecule has 0 fully saturated rings. The molecule has 0 saturated heterocycles. The van der Waals surface area contributed by atoms with Crippen LogP contribution in [0.5, 0.6) is 0 Å². The molecule has 0 bridgehead atoms. The van der Waals surface area contributed by atoms with Crippen LogP contribution in [0.2, 0.25) is 0 Å². The Morgan fingerprint density at radius 2 is 1.61 bits per heavy atom. The van der Waals surface area contributed by atoms with Crippen molar-refractivity contribution >= 4 is 23.3 Å². The first-order valence-corrected chi connectivity index (χ1v) is 10.3. The lowest BCUT2D eigenvalue weighted by Crippen LogP contribution is -2.54. The number of thiophene rings is 1. The monoisotopic (exact) mass is 401 g/mol. The molecule has 1 aromatic heterocycles.